The van der Waals surface area contributed by atoms with Gasteiger partial charge in [-0.1, -0.05) is 25.7 Å². The number of urea groups is 1. The Hall–Kier alpha value is -1.10. The van der Waals surface area contributed by atoms with Crippen molar-refractivity contribution in [2.75, 3.05) is 7.05 Å². The highest BCUT2D eigenvalue weighted by molar-refractivity contribution is 6.02. The number of hydrogen-bond acceptors (Lipinski definition) is 3. The van der Waals surface area contributed by atoms with E-state index in [4.69, 9.17) is 0 Å². The first-order valence-corrected chi connectivity index (χ1v) is 7.99. The van der Waals surface area contributed by atoms with E-state index in [0.717, 1.165) is 51.4 Å². The molecule has 0 aromatic rings. The van der Waals surface area contributed by atoms with Gasteiger partial charge in [-0.05, 0) is 38.5 Å². The van der Waals surface area contributed by atoms with Crippen molar-refractivity contribution in [3.05, 3.63) is 0 Å². The fraction of sp³-hybridized carbons (Fsp3) is 0.867. The number of carbonyl (C=O) groups excluding carboxylic acids is 2. The quantitative estimate of drug-likeness (QED) is 0.714. The van der Waals surface area contributed by atoms with E-state index >= 15 is 0 Å². The molecule has 3 fully saturated rings. The van der Waals surface area contributed by atoms with E-state index in [2.05, 4.69) is 10.6 Å². The number of carbonyl (C=O) groups is 2. The Bertz CT molecular complexity index is 409. The van der Waals surface area contributed by atoms with Crippen molar-refractivity contribution < 1.29 is 9.59 Å². The molecule has 0 unspecified atom stereocenters. The zero-order valence-electron chi connectivity index (χ0n) is 12.3. The van der Waals surface area contributed by atoms with Crippen LogP contribution in [-0.2, 0) is 4.79 Å². The van der Waals surface area contributed by atoms with Crippen LogP contribution in [0.2, 0.25) is 0 Å². The average Bonchev–Trinajstić information content (AvgIpc) is 2.69. The molecule has 3 amide bonds. The second-order valence-corrected chi connectivity index (χ2v) is 6.56. The molecule has 2 N–H and O–H groups in total. The topological polar surface area (TPSA) is 61.4 Å². The van der Waals surface area contributed by atoms with Gasteiger partial charge in [-0.15, -0.1) is 0 Å². The molecule has 112 valence electrons. The molecule has 0 aromatic carbocycles. The molecule has 0 bridgehead atoms. The summed E-state index contributed by atoms with van der Waals surface area (Å²) < 4.78 is 0. The zero-order valence-corrected chi connectivity index (χ0v) is 12.3. The minimum Gasteiger partial charge on any atom is -0.341 e. The van der Waals surface area contributed by atoms with Crippen LogP contribution in [0.1, 0.15) is 64.2 Å². The molecule has 1 heterocycles. The van der Waals surface area contributed by atoms with Crippen molar-refractivity contribution in [3.63, 3.8) is 0 Å². The van der Waals surface area contributed by atoms with Gasteiger partial charge in [-0.25, -0.2) is 9.69 Å². The molecule has 0 atom stereocenters. The molecule has 3 aliphatic rings. The Morgan fingerprint density at radius 1 is 1.05 bits per heavy atom. The standard InChI is InChI=1S/C15H25N3O2/c1-16-13(20)18-12(19)14(8-4-2-5-9-14)17-15(18)10-6-3-7-11-15/h17H,2-11H2,1H3,(H,16,20). The van der Waals surface area contributed by atoms with E-state index in [1.165, 1.54) is 17.7 Å². The Balaban J connectivity index is 1.95. The predicted octanol–water partition coefficient (Wildman–Crippen LogP) is 2.12. The van der Waals surface area contributed by atoms with Crippen molar-refractivity contribution >= 4 is 11.9 Å². The third kappa shape index (κ3) is 1.94. The normalized spacial score (nSPS) is 28.1. The lowest BCUT2D eigenvalue weighted by Crippen LogP contribution is -2.58. The second-order valence-electron chi connectivity index (χ2n) is 6.56. The minimum atomic E-state index is -0.470. The summed E-state index contributed by atoms with van der Waals surface area (Å²) in [4.78, 5) is 26.8. The lowest BCUT2D eigenvalue weighted by atomic mass is 9.81. The maximum absolute atomic E-state index is 13.0. The van der Waals surface area contributed by atoms with E-state index in [0.29, 0.717) is 0 Å². The van der Waals surface area contributed by atoms with Crippen LogP contribution in [0, 0.1) is 0 Å². The molecule has 5 heteroatoms. The number of rotatable bonds is 0. The van der Waals surface area contributed by atoms with Crippen molar-refractivity contribution in [3.8, 4) is 0 Å². The number of imide groups is 1. The molecule has 2 spiro atoms. The van der Waals surface area contributed by atoms with E-state index in [-0.39, 0.29) is 11.9 Å². The monoisotopic (exact) mass is 279 g/mol. The molecule has 20 heavy (non-hydrogen) atoms. The van der Waals surface area contributed by atoms with Crippen LogP contribution in [0.5, 0.6) is 0 Å². The summed E-state index contributed by atoms with van der Waals surface area (Å²) in [6.07, 6.45) is 10.3. The highest BCUT2D eigenvalue weighted by Gasteiger charge is 2.60. The van der Waals surface area contributed by atoms with Gasteiger partial charge in [0.1, 0.15) is 11.2 Å². The SMILES string of the molecule is CNC(=O)N1C(=O)C2(CCCCC2)NC12CCCCC2. The van der Waals surface area contributed by atoms with Crippen LogP contribution in [0.4, 0.5) is 4.79 Å². The number of nitrogens with one attached hydrogen (secondary N) is 2. The summed E-state index contributed by atoms with van der Waals surface area (Å²) in [6, 6.07) is -0.244. The lowest BCUT2D eigenvalue weighted by molar-refractivity contribution is -0.133. The first-order valence-electron chi connectivity index (χ1n) is 7.99. The summed E-state index contributed by atoms with van der Waals surface area (Å²) >= 11 is 0. The van der Waals surface area contributed by atoms with Crippen LogP contribution in [0.3, 0.4) is 0 Å². The van der Waals surface area contributed by atoms with Crippen molar-refractivity contribution in [1.82, 2.24) is 15.5 Å². The first kappa shape index (κ1) is 13.9. The van der Waals surface area contributed by atoms with Gasteiger partial charge < -0.3 is 5.32 Å². The fourth-order valence-corrected chi connectivity index (χ4v) is 4.34. The third-order valence-corrected chi connectivity index (χ3v) is 5.32. The number of nitrogens with zero attached hydrogens (tertiary/aromatic N) is 1. The van der Waals surface area contributed by atoms with Gasteiger partial charge >= 0.3 is 6.03 Å². The summed E-state index contributed by atoms with van der Waals surface area (Å²) in [5.74, 6) is 0.0125. The molecule has 5 nitrogen and oxygen atoms in total. The Morgan fingerprint density at radius 3 is 2.15 bits per heavy atom. The molecule has 0 radical (unpaired) electrons. The van der Waals surface area contributed by atoms with Crippen molar-refractivity contribution in [2.45, 2.75) is 75.4 Å². The lowest BCUT2D eigenvalue weighted by Gasteiger charge is -2.40. The molecular formula is C15H25N3O2. The molecular weight excluding hydrogens is 254 g/mol. The maximum Gasteiger partial charge on any atom is 0.325 e. The Labute approximate surface area is 120 Å². The molecule has 1 saturated heterocycles. The van der Waals surface area contributed by atoms with Crippen LogP contribution in [-0.4, -0.2) is 35.1 Å². The fourth-order valence-electron chi connectivity index (χ4n) is 4.34. The van der Waals surface area contributed by atoms with Crippen LogP contribution in [0.15, 0.2) is 0 Å². The van der Waals surface area contributed by atoms with Crippen molar-refractivity contribution in [1.29, 1.82) is 0 Å². The predicted molar refractivity (Wildman–Crippen MR) is 76.1 cm³/mol. The van der Waals surface area contributed by atoms with Gasteiger partial charge in [0.05, 0.1) is 0 Å². The second kappa shape index (κ2) is 5.02. The van der Waals surface area contributed by atoms with E-state index in [1.807, 2.05) is 0 Å². The average molecular weight is 279 g/mol. The van der Waals surface area contributed by atoms with Gasteiger partial charge in [-0.2, -0.15) is 0 Å². The first-order chi connectivity index (χ1) is 9.64. The number of amides is 3. The van der Waals surface area contributed by atoms with E-state index < -0.39 is 11.2 Å². The minimum absolute atomic E-state index is 0.0125. The van der Waals surface area contributed by atoms with Crippen LogP contribution in [0.25, 0.3) is 0 Å². The third-order valence-electron chi connectivity index (χ3n) is 5.32. The summed E-state index contributed by atoms with van der Waals surface area (Å²) in [5.41, 5.74) is -0.894. The highest BCUT2D eigenvalue weighted by atomic mass is 16.2. The smallest absolute Gasteiger partial charge is 0.325 e. The molecule has 2 aliphatic carbocycles. The summed E-state index contributed by atoms with van der Waals surface area (Å²) in [5, 5.41) is 6.31. The van der Waals surface area contributed by atoms with E-state index in [1.54, 1.807) is 7.05 Å². The van der Waals surface area contributed by atoms with Crippen molar-refractivity contribution in [2.24, 2.45) is 0 Å². The summed E-state index contributed by atoms with van der Waals surface area (Å²) in [6.45, 7) is 0. The van der Waals surface area contributed by atoms with Crippen LogP contribution >= 0.6 is 0 Å². The van der Waals surface area contributed by atoms with Gasteiger partial charge in [0, 0.05) is 7.05 Å². The molecule has 2 saturated carbocycles. The molecule has 3 rings (SSSR count). The van der Waals surface area contributed by atoms with Gasteiger partial charge in [0.25, 0.3) is 5.91 Å². The Morgan fingerprint density at radius 2 is 1.60 bits per heavy atom. The largest absolute Gasteiger partial charge is 0.341 e. The van der Waals surface area contributed by atoms with Crippen LogP contribution < -0.4 is 10.6 Å². The maximum atomic E-state index is 13.0. The summed E-state index contributed by atoms with van der Waals surface area (Å²) in [7, 11) is 1.61. The number of hydrogen-bond donors (Lipinski definition) is 2. The zero-order chi connectivity index (χ0) is 14.2. The van der Waals surface area contributed by atoms with Gasteiger partial charge in [-0.3, -0.25) is 10.1 Å². The van der Waals surface area contributed by atoms with Gasteiger partial charge in [0.2, 0.25) is 0 Å². The highest BCUT2D eigenvalue weighted by Crippen LogP contribution is 2.44. The molecule has 0 aromatic heterocycles. The van der Waals surface area contributed by atoms with Gasteiger partial charge in [0.15, 0.2) is 0 Å². The Kier molecular flexibility index (Phi) is 3.48. The molecule has 1 aliphatic heterocycles. The van der Waals surface area contributed by atoms with E-state index in [9.17, 15) is 9.59 Å².